The van der Waals surface area contributed by atoms with Gasteiger partial charge in [-0.1, -0.05) is 28.1 Å². The molecule has 5 heteroatoms. The van der Waals surface area contributed by atoms with Crippen molar-refractivity contribution in [2.75, 3.05) is 0 Å². The van der Waals surface area contributed by atoms with Crippen molar-refractivity contribution in [2.45, 2.75) is 0 Å². The largest absolute Gasteiger partial charge is 0.366 e. The van der Waals surface area contributed by atoms with Gasteiger partial charge in [-0.3, -0.25) is 4.79 Å². The summed E-state index contributed by atoms with van der Waals surface area (Å²) in [4.78, 5) is 18.8. The molecule has 0 atom stereocenters. The minimum atomic E-state index is -0.443. The second kappa shape index (κ2) is 4.51. The number of fused-ring (bicyclic) bond motifs is 1. The number of hydrogen-bond acceptors (Lipinski definition) is 2. The molecule has 0 unspecified atom stereocenters. The molecule has 19 heavy (non-hydrogen) atoms. The summed E-state index contributed by atoms with van der Waals surface area (Å²) >= 11 is 3.40. The molecule has 1 heterocycles. The van der Waals surface area contributed by atoms with Gasteiger partial charge in [-0.15, -0.1) is 0 Å². The summed E-state index contributed by atoms with van der Waals surface area (Å²) in [5.74, 6) is 0.325. The van der Waals surface area contributed by atoms with Crippen LogP contribution >= 0.6 is 15.9 Å². The second-order valence-corrected chi connectivity index (χ2v) is 5.10. The molecule has 3 N–H and O–H groups in total. The van der Waals surface area contributed by atoms with E-state index in [-0.39, 0.29) is 0 Å². The average Bonchev–Trinajstić information content (AvgIpc) is 2.82. The number of nitrogens with zero attached hydrogens (tertiary/aromatic N) is 1. The predicted octanol–water partition coefficient (Wildman–Crippen LogP) is 3.09. The average molecular weight is 316 g/mol. The van der Waals surface area contributed by atoms with Gasteiger partial charge in [-0.2, -0.15) is 0 Å². The fraction of sp³-hybridized carbons (Fsp3) is 0. The van der Waals surface area contributed by atoms with E-state index in [2.05, 4.69) is 25.9 Å². The van der Waals surface area contributed by atoms with E-state index in [1.807, 2.05) is 24.3 Å². The number of carbonyl (C=O) groups excluding carboxylic acids is 1. The predicted molar refractivity (Wildman–Crippen MR) is 77.7 cm³/mol. The highest BCUT2D eigenvalue weighted by atomic mass is 79.9. The Kier molecular flexibility index (Phi) is 2.83. The monoisotopic (exact) mass is 315 g/mol. The summed E-state index contributed by atoms with van der Waals surface area (Å²) in [5, 5.41) is 0. The highest BCUT2D eigenvalue weighted by Gasteiger charge is 2.07. The fourth-order valence-electron chi connectivity index (χ4n) is 1.91. The van der Waals surface area contributed by atoms with Crippen LogP contribution in [0.15, 0.2) is 46.9 Å². The third-order valence-corrected chi connectivity index (χ3v) is 3.41. The Morgan fingerprint density at radius 3 is 2.58 bits per heavy atom. The van der Waals surface area contributed by atoms with E-state index in [1.165, 1.54) is 0 Å². The van der Waals surface area contributed by atoms with Crippen LogP contribution in [0, 0.1) is 0 Å². The maximum absolute atomic E-state index is 11.1. The third-order valence-electron chi connectivity index (χ3n) is 2.88. The maximum atomic E-state index is 11.1. The lowest BCUT2D eigenvalue weighted by Gasteiger charge is -1.95. The van der Waals surface area contributed by atoms with E-state index in [0.29, 0.717) is 5.56 Å². The van der Waals surface area contributed by atoms with Gasteiger partial charge in [0.1, 0.15) is 5.82 Å². The molecule has 0 aliphatic rings. The number of amides is 1. The molecular formula is C14H10BrN3O. The van der Waals surface area contributed by atoms with Crippen LogP contribution in [-0.2, 0) is 0 Å². The van der Waals surface area contributed by atoms with Crippen molar-refractivity contribution in [3.05, 3.63) is 52.5 Å². The van der Waals surface area contributed by atoms with Crippen molar-refractivity contribution in [3.8, 4) is 11.4 Å². The standard InChI is InChI=1S/C14H10BrN3O/c15-10-4-1-8(2-5-10)14-17-11-6-3-9(13(16)19)7-12(11)18-14/h1-7H,(H2,16,19)(H,17,18). The minimum absolute atomic E-state index is 0.443. The molecule has 0 aliphatic heterocycles. The molecule has 3 rings (SSSR count). The van der Waals surface area contributed by atoms with Crippen LogP contribution in [0.4, 0.5) is 0 Å². The first-order valence-corrected chi connectivity index (χ1v) is 6.48. The first-order chi connectivity index (χ1) is 9.13. The maximum Gasteiger partial charge on any atom is 0.248 e. The summed E-state index contributed by atoms with van der Waals surface area (Å²) in [7, 11) is 0. The molecule has 4 nitrogen and oxygen atoms in total. The molecule has 3 aromatic rings. The zero-order valence-corrected chi connectivity index (χ0v) is 11.4. The molecule has 1 amide bonds. The summed E-state index contributed by atoms with van der Waals surface area (Å²) < 4.78 is 1.02. The van der Waals surface area contributed by atoms with E-state index in [9.17, 15) is 4.79 Å². The molecule has 2 aromatic carbocycles. The smallest absolute Gasteiger partial charge is 0.248 e. The van der Waals surface area contributed by atoms with E-state index >= 15 is 0 Å². The normalized spacial score (nSPS) is 10.8. The Balaban J connectivity index is 2.11. The van der Waals surface area contributed by atoms with Crippen LogP contribution in [0.3, 0.4) is 0 Å². The number of aromatic nitrogens is 2. The number of aromatic amines is 1. The quantitative estimate of drug-likeness (QED) is 0.762. The van der Waals surface area contributed by atoms with Crippen LogP contribution in [0.5, 0.6) is 0 Å². The molecular weight excluding hydrogens is 306 g/mol. The zero-order valence-electron chi connectivity index (χ0n) is 9.85. The van der Waals surface area contributed by atoms with E-state index in [0.717, 1.165) is 26.9 Å². The van der Waals surface area contributed by atoms with Crippen molar-refractivity contribution in [1.29, 1.82) is 0 Å². The number of primary amides is 1. The molecule has 0 radical (unpaired) electrons. The number of rotatable bonds is 2. The lowest BCUT2D eigenvalue weighted by molar-refractivity contribution is 0.100. The number of H-pyrrole nitrogens is 1. The number of nitrogens with one attached hydrogen (secondary N) is 1. The minimum Gasteiger partial charge on any atom is -0.366 e. The van der Waals surface area contributed by atoms with E-state index in [1.54, 1.807) is 18.2 Å². The van der Waals surface area contributed by atoms with Crippen molar-refractivity contribution in [1.82, 2.24) is 9.97 Å². The lowest BCUT2D eigenvalue weighted by Crippen LogP contribution is -2.10. The van der Waals surface area contributed by atoms with Gasteiger partial charge in [0, 0.05) is 15.6 Å². The number of benzene rings is 2. The van der Waals surface area contributed by atoms with E-state index < -0.39 is 5.91 Å². The second-order valence-electron chi connectivity index (χ2n) is 4.19. The number of carbonyl (C=O) groups is 1. The summed E-state index contributed by atoms with van der Waals surface area (Å²) in [6.07, 6.45) is 0. The molecule has 0 spiro atoms. The van der Waals surface area contributed by atoms with Gasteiger partial charge in [0.15, 0.2) is 0 Å². The van der Waals surface area contributed by atoms with Gasteiger partial charge < -0.3 is 10.7 Å². The fourth-order valence-corrected chi connectivity index (χ4v) is 2.17. The van der Waals surface area contributed by atoms with Gasteiger partial charge >= 0.3 is 0 Å². The first kappa shape index (κ1) is 11.9. The highest BCUT2D eigenvalue weighted by molar-refractivity contribution is 9.10. The highest BCUT2D eigenvalue weighted by Crippen LogP contribution is 2.22. The summed E-state index contributed by atoms with van der Waals surface area (Å²) in [5.41, 5.74) is 8.33. The molecule has 0 aliphatic carbocycles. The molecule has 94 valence electrons. The number of hydrogen-bond donors (Lipinski definition) is 2. The molecule has 0 saturated heterocycles. The van der Waals surface area contributed by atoms with Crippen LogP contribution in [0.25, 0.3) is 22.4 Å². The Morgan fingerprint density at radius 1 is 1.16 bits per heavy atom. The molecule has 0 bridgehead atoms. The summed E-state index contributed by atoms with van der Waals surface area (Å²) in [6, 6.07) is 13.0. The zero-order chi connectivity index (χ0) is 13.4. The molecule has 0 saturated carbocycles. The Labute approximate surface area is 117 Å². The molecule has 0 fully saturated rings. The number of halogens is 1. The van der Waals surface area contributed by atoms with Crippen LogP contribution < -0.4 is 5.73 Å². The number of imidazole rings is 1. The Bertz CT molecular complexity index is 762. The van der Waals surface area contributed by atoms with Gasteiger partial charge in [0.05, 0.1) is 11.0 Å². The van der Waals surface area contributed by atoms with Crippen LogP contribution in [0.1, 0.15) is 10.4 Å². The van der Waals surface area contributed by atoms with Gasteiger partial charge in [0.2, 0.25) is 5.91 Å². The molecule has 1 aromatic heterocycles. The lowest BCUT2D eigenvalue weighted by atomic mass is 10.2. The van der Waals surface area contributed by atoms with Crippen molar-refractivity contribution < 1.29 is 4.79 Å². The topological polar surface area (TPSA) is 71.8 Å². The first-order valence-electron chi connectivity index (χ1n) is 5.69. The van der Waals surface area contributed by atoms with E-state index in [4.69, 9.17) is 5.73 Å². The van der Waals surface area contributed by atoms with Crippen molar-refractivity contribution in [2.24, 2.45) is 5.73 Å². The van der Waals surface area contributed by atoms with Crippen molar-refractivity contribution >= 4 is 32.9 Å². The van der Waals surface area contributed by atoms with Gasteiger partial charge in [0.25, 0.3) is 0 Å². The summed E-state index contributed by atoms with van der Waals surface area (Å²) in [6.45, 7) is 0. The van der Waals surface area contributed by atoms with Gasteiger partial charge in [-0.25, -0.2) is 4.98 Å². The van der Waals surface area contributed by atoms with Crippen LogP contribution in [-0.4, -0.2) is 15.9 Å². The Hall–Kier alpha value is -2.14. The van der Waals surface area contributed by atoms with Gasteiger partial charge in [-0.05, 0) is 30.3 Å². The van der Waals surface area contributed by atoms with Crippen molar-refractivity contribution in [3.63, 3.8) is 0 Å². The Morgan fingerprint density at radius 2 is 1.89 bits per heavy atom. The van der Waals surface area contributed by atoms with Crippen LogP contribution in [0.2, 0.25) is 0 Å². The third kappa shape index (κ3) is 2.24. The number of nitrogens with two attached hydrogens (primary N) is 1. The SMILES string of the molecule is NC(=O)c1ccc2nc(-c3ccc(Br)cc3)[nH]c2c1.